The first kappa shape index (κ1) is 47.0. The molecule has 25 nitrogen and oxygen atoms in total. The van der Waals surface area contributed by atoms with Gasteiger partial charge < -0.3 is 61.1 Å². The third-order valence-electron chi connectivity index (χ3n) is 6.88. The van der Waals surface area contributed by atoms with Crippen LogP contribution in [0.3, 0.4) is 0 Å². The van der Waals surface area contributed by atoms with Gasteiger partial charge in [0, 0.05) is 30.7 Å². The zero-order valence-corrected chi connectivity index (χ0v) is 32.0. The number of thiol groups is 1. The van der Waals surface area contributed by atoms with Gasteiger partial charge in [-0.25, -0.2) is 28.6 Å². The number of phosphoric ester groups is 3. The number of aliphatic hydroxyl groups excluding tert-OH is 3. The second kappa shape index (κ2) is 20.1. The van der Waals surface area contributed by atoms with Crippen molar-refractivity contribution in [3.8, 4) is 0 Å². The quantitative estimate of drug-likeness (QED) is 0.0415. The van der Waals surface area contributed by atoms with Crippen molar-refractivity contribution in [2.45, 2.75) is 70.5 Å². The third-order valence-corrected chi connectivity index (χ3v) is 10.2. The number of hydrogen-bond acceptors (Lipinski definition) is 19. The molecule has 2 unspecified atom stereocenters. The number of amides is 2. The van der Waals surface area contributed by atoms with Crippen LogP contribution in [0.5, 0.6) is 0 Å². The van der Waals surface area contributed by atoms with Gasteiger partial charge in [0.1, 0.15) is 36.3 Å². The number of carbonyl (C=O) groups is 2. The minimum atomic E-state index is -5.54. The molecule has 1 fully saturated rings. The lowest BCUT2D eigenvalue weighted by Crippen LogP contribution is -2.46. The number of nitrogen functional groups attached to an aromatic ring is 1. The van der Waals surface area contributed by atoms with Crippen LogP contribution in [0.25, 0.3) is 11.2 Å². The Morgan fingerprint density at radius 2 is 1.68 bits per heavy atom. The number of aromatic nitrogens is 4. The molecule has 7 atom stereocenters. The molecule has 0 saturated carbocycles. The van der Waals surface area contributed by atoms with E-state index in [-0.39, 0.29) is 35.9 Å². The number of aliphatic hydroxyl groups is 4. The second-order valence-corrected chi connectivity index (χ2v) is 16.4. The summed E-state index contributed by atoms with van der Waals surface area (Å²) >= 11 is 3.95. The molecular weight excluding hydrogens is 799 g/mol. The Morgan fingerprint density at radius 3 is 2.26 bits per heavy atom. The summed E-state index contributed by atoms with van der Waals surface area (Å²) in [5.74, 6) is -0.943. The number of rotatable bonds is 19. The molecule has 12 N–H and O–H groups in total. The van der Waals surface area contributed by atoms with E-state index in [2.05, 4.69) is 47.0 Å². The molecule has 2 aromatic heterocycles. The zero-order chi connectivity index (χ0) is 40.4. The Balaban J connectivity index is 0.00000181. The van der Waals surface area contributed by atoms with Gasteiger partial charge in [0.05, 0.1) is 19.5 Å². The highest BCUT2D eigenvalue weighted by atomic mass is 32.1. The van der Waals surface area contributed by atoms with E-state index >= 15 is 0 Å². The summed E-state index contributed by atoms with van der Waals surface area (Å²) in [7, 11) is -16.3. The highest BCUT2D eigenvalue weighted by Crippen LogP contribution is 2.61. The first-order valence-corrected chi connectivity index (χ1v) is 20.4. The lowest BCUT2D eigenvalue weighted by Gasteiger charge is -2.30. The summed E-state index contributed by atoms with van der Waals surface area (Å²) in [6.45, 7) is 2.42. The molecule has 1 aliphatic heterocycles. The Bertz CT molecular complexity index is 1660. The fourth-order valence-corrected chi connectivity index (χ4v) is 7.08. The van der Waals surface area contributed by atoms with Crippen molar-refractivity contribution in [1.29, 1.82) is 0 Å². The van der Waals surface area contributed by atoms with E-state index in [1.165, 1.54) is 13.8 Å². The maximum absolute atomic E-state index is 12.6. The maximum atomic E-state index is 12.6. The molecule has 2 amide bonds. The zero-order valence-electron chi connectivity index (χ0n) is 28.4. The van der Waals surface area contributed by atoms with Crippen LogP contribution in [0.2, 0.25) is 0 Å². The Labute approximate surface area is 307 Å². The van der Waals surface area contributed by atoms with Crippen LogP contribution in [0.4, 0.5) is 5.82 Å². The highest BCUT2D eigenvalue weighted by Gasteiger charge is 2.50. The van der Waals surface area contributed by atoms with Gasteiger partial charge >= 0.3 is 23.5 Å². The van der Waals surface area contributed by atoms with E-state index in [0.717, 1.165) is 17.2 Å². The minimum Gasteiger partial charge on any atom is -0.386 e. The Hall–Kier alpha value is -2.19. The number of ether oxygens (including phenoxy) is 1. The molecule has 53 heavy (non-hydrogen) atoms. The number of nitrogens with zero attached hydrogens (tertiary/aromatic N) is 4. The molecule has 0 spiro atoms. The fourth-order valence-electron chi connectivity index (χ4n) is 4.14. The lowest BCUT2D eigenvalue weighted by atomic mass is 9.87. The van der Waals surface area contributed by atoms with E-state index in [4.69, 9.17) is 29.7 Å². The van der Waals surface area contributed by atoms with Crippen LogP contribution >= 0.6 is 36.1 Å². The summed E-state index contributed by atoms with van der Waals surface area (Å²) in [5, 5.41) is 41.9. The smallest absolute Gasteiger partial charge is 0.386 e. The van der Waals surface area contributed by atoms with E-state index in [1.807, 2.05) is 0 Å². The molecule has 2 aromatic rings. The summed E-state index contributed by atoms with van der Waals surface area (Å²) < 4.78 is 61.7. The van der Waals surface area contributed by atoms with Crippen molar-refractivity contribution in [2.24, 2.45) is 5.41 Å². The fraction of sp³-hybridized carbons (Fsp3) is 0.708. The number of nitrogens with one attached hydrogen (secondary N) is 2. The van der Waals surface area contributed by atoms with Crippen molar-refractivity contribution < 1.29 is 85.9 Å². The van der Waals surface area contributed by atoms with Crippen LogP contribution in [0, 0.1) is 5.41 Å². The summed E-state index contributed by atoms with van der Waals surface area (Å²) in [6, 6.07) is 0. The van der Waals surface area contributed by atoms with Crippen LogP contribution in [0.1, 0.15) is 39.8 Å². The molecule has 1 saturated heterocycles. The molecule has 29 heteroatoms. The largest absolute Gasteiger partial charge is 0.481 e. The van der Waals surface area contributed by atoms with Crippen LogP contribution in [-0.4, -0.2) is 134 Å². The normalized spacial score (nSPS) is 22.1. The van der Waals surface area contributed by atoms with Crippen LogP contribution < -0.4 is 16.4 Å². The number of phosphoric acid groups is 3. The van der Waals surface area contributed by atoms with Gasteiger partial charge in [-0.15, -0.1) is 0 Å². The van der Waals surface area contributed by atoms with Gasteiger partial charge in [0.15, 0.2) is 24.0 Å². The van der Waals surface area contributed by atoms with Gasteiger partial charge in [-0.1, -0.05) is 20.8 Å². The summed E-state index contributed by atoms with van der Waals surface area (Å²) in [4.78, 5) is 74.6. The number of hydrogen-bond donors (Lipinski definition) is 12. The van der Waals surface area contributed by atoms with Crippen molar-refractivity contribution in [1.82, 2.24) is 30.2 Å². The second-order valence-electron chi connectivity index (χ2n) is 11.7. The molecular formula is C24H44N7O18P3S. The average molecular weight is 844 g/mol. The number of fused-ring (bicyclic) bond motifs is 1. The number of nitrogens with two attached hydrogens (primary N) is 1. The maximum Gasteiger partial charge on any atom is 0.481 e. The molecule has 0 bridgehead atoms. The molecule has 1 aliphatic rings. The predicted molar refractivity (Wildman–Crippen MR) is 182 cm³/mol. The van der Waals surface area contributed by atoms with Gasteiger partial charge in [0.25, 0.3) is 0 Å². The van der Waals surface area contributed by atoms with Gasteiger partial charge in [-0.3, -0.25) is 27.7 Å². The Kier molecular flexibility index (Phi) is 17.8. The van der Waals surface area contributed by atoms with E-state index in [9.17, 15) is 53.1 Å². The van der Waals surface area contributed by atoms with Crippen molar-refractivity contribution in [3.63, 3.8) is 0 Å². The number of imidazole rings is 1. The summed E-state index contributed by atoms with van der Waals surface area (Å²) in [5.41, 5.74) is 4.30. The molecule has 0 aromatic carbocycles. The third kappa shape index (κ3) is 15.1. The lowest BCUT2D eigenvalue weighted by molar-refractivity contribution is -0.137. The molecule has 3 heterocycles. The molecule has 3 rings (SSSR count). The van der Waals surface area contributed by atoms with Gasteiger partial charge in [0.2, 0.25) is 11.8 Å². The first-order valence-electron chi connectivity index (χ1n) is 15.3. The first-order chi connectivity index (χ1) is 24.4. The molecule has 0 radical (unpaired) electrons. The van der Waals surface area contributed by atoms with Crippen molar-refractivity contribution in [3.05, 3.63) is 12.7 Å². The highest BCUT2D eigenvalue weighted by molar-refractivity contribution is 7.80. The van der Waals surface area contributed by atoms with E-state index in [0.29, 0.717) is 18.7 Å². The summed E-state index contributed by atoms with van der Waals surface area (Å²) in [6.07, 6.45) is -7.44. The van der Waals surface area contributed by atoms with Crippen LogP contribution in [-0.2, 0) is 45.9 Å². The molecule has 0 aliphatic carbocycles. The van der Waals surface area contributed by atoms with Crippen molar-refractivity contribution in [2.75, 3.05) is 37.8 Å². The monoisotopic (exact) mass is 843 g/mol. The SMILES string of the molecule is CC(C)(COP(=O)(O)OP(=O)(O)OC[C@H]1O[C@@H](n2cnc3c(N)ncnc32)[C@H](O)[C@@H]1OP(=O)(O)O)[C@@H](O)C(=O)NCCC(=O)NCCS.CCC(O)O. The van der Waals surface area contributed by atoms with Gasteiger partial charge in [-0.05, 0) is 6.42 Å². The molecule has 304 valence electrons. The minimum absolute atomic E-state index is 0.0363. The standard InChI is InChI=1S/C21H36N7O16P3S.C3H8O2/c1-21(2,16(31)19(32)24-4-3-12(29)23-5-6-48)8-41-47(38,39)44-46(36,37)40-7-11-15(43-45(33,34)35)14(30)20(42-11)28-10-27-13-17(22)25-9-26-18(13)28;1-2-3(4)5/h9-11,14-16,20,30-31,48H,3-8H2,1-2H3,(H,23,29)(H,24,32)(H,36,37)(H,38,39)(H2,22,25,26)(H2,33,34,35);3-5H,2H2,1H3/t11-,14-,15-,16+,20-;/m1./s1. The van der Waals surface area contributed by atoms with Crippen molar-refractivity contribution >= 4 is 64.9 Å². The van der Waals surface area contributed by atoms with E-state index < -0.39 is 84.9 Å². The topological polar surface area (TPSA) is 387 Å². The number of carbonyl (C=O) groups excluding carboxylic acids is 2. The Morgan fingerprint density at radius 1 is 1.06 bits per heavy atom. The van der Waals surface area contributed by atoms with Gasteiger partial charge in [-0.2, -0.15) is 16.9 Å². The van der Waals surface area contributed by atoms with Crippen LogP contribution in [0.15, 0.2) is 12.7 Å². The van der Waals surface area contributed by atoms with E-state index in [1.54, 1.807) is 6.92 Å². The predicted octanol–water partition coefficient (Wildman–Crippen LogP) is -1.96. The number of anilines is 1. The average Bonchev–Trinajstić information content (AvgIpc) is 3.61.